The van der Waals surface area contributed by atoms with E-state index >= 15 is 0 Å². The van der Waals surface area contributed by atoms with Crippen molar-refractivity contribution in [2.45, 2.75) is 17.9 Å². The highest BCUT2D eigenvalue weighted by molar-refractivity contribution is 8.00. The molecular formula is C21H18N2O3S. The summed E-state index contributed by atoms with van der Waals surface area (Å²) >= 11 is 1.52. The molecule has 1 aromatic heterocycles. The van der Waals surface area contributed by atoms with Crippen molar-refractivity contribution in [3.8, 4) is 0 Å². The summed E-state index contributed by atoms with van der Waals surface area (Å²) in [5.74, 6) is 0.941. The van der Waals surface area contributed by atoms with Gasteiger partial charge in [-0.1, -0.05) is 30.3 Å². The average Bonchev–Trinajstić information content (AvgIpc) is 3.18. The third kappa shape index (κ3) is 4.06. The first-order chi connectivity index (χ1) is 13.2. The van der Waals surface area contributed by atoms with Gasteiger partial charge in [-0.25, -0.2) is 0 Å². The number of benzene rings is 2. The van der Waals surface area contributed by atoms with Crippen LogP contribution in [-0.2, 0) is 22.6 Å². The molecule has 3 aromatic rings. The molecule has 136 valence electrons. The number of hydrogen-bond acceptors (Lipinski definition) is 4. The summed E-state index contributed by atoms with van der Waals surface area (Å²) in [6, 6.07) is 19.1. The molecule has 6 heteroatoms. The molecule has 0 aliphatic carbocycles. The van der Waals surface area contributed by atoms with Crippen molar-refractivity contribution in [2.24, 2.45) is 0 Å². The van der Waals surface area contributed by atoms with E-state index in [4.69, 9.17) is 4.42 Å². The molecule has 1 N–H and O–H groups in total. The molecule has 1 aliphatic rings. The van der Waals surface area contributed by atoms with Gasteiger partial charge in [0.05, 0.1) is 30.7 Å². The second-order valence-corrected chi connectivity index (χ2v) is 7.26. The lowest BCUT2D eigenvalue weighted by Gasteiger charge is -2.29. The van der Waals surface area contributed by atoms with Crippen LogP contribution in [0.5, 0.6) is 0 Å². The Balaban J connectivity index is 1.55. The predicted molar refractivity (Wildman–Crippen MR) is 106 cm³/mol. The molecule has 2 aromatic carbocycles. The van der Waals surface area contributed by atoms with Crippen LogP contribution in [-0.4, -0.2) is 17.6 Å². The molecule has 27 heavy (non-hydrogen) atoms. The minimum absolute atomic E-state index is 0.0652. The van der Waals surface area contributed by atoms with Gasteiger partial charge in [-0.3, -0.25) is 9.59 Å². The molecule has 0 fully saturated rings. The van der Waals surface area contributed by atoms with E-state index in [-0.39, 0.29) is 18.2 Å². The zero-order valence-corrected chi connectivity index (χ0v) is 15.4. The second-order valence-electron chi connectivity index (χ2n) is 6.24. The van der Waals surface area contributed by atoms with Crippen LogP contribution >= 0.6 is 11.8 Å². The van der Waals surface area contributed by atoms with E-state index in [1.54, 1.807) is 23.3 Å². The fraction of sp³-hybridized carbons (Fsp3) is 0.143. The number of carbonyl (C=O) groups is 2. The monoisotopic (exact) mass is 378 g/mol. The van der Waals surface area contributed by atoms with E-state index in [9.17, 15) is 9.59 Å². The molecule has 2 amide bonds. The maximum absolute atomic E-state index is 12.5. The Kier molecular flexibility index (Phi) is 4.98. The Bertz CT molecular complexity index is 955. The zero-order valence-electron chi connectivity index (χ0n) is 14.6. The smallest absolute Gasteiger partial charge is 0.237 e. The average molecular weight is 378 g/mol. The summed E-state index contributed by atoms with van der Waals surface area (Å²) < 4.78 is 5.21. The number of furan rings is 1. The molecule has 5 nitrogen and oxygen atoms in total. The lowest BCUT2D eigenvalue weighted by Crippen LogP contribution is -2.34. The van der Waals surface area contributed by atoms with Gasteiger partial charge in [0.1, 0.15) is 5.76 Å². The summed E-state index contributed by atoms with van der Waals surface area (Å²) in [6.07, 6.45) is 1.72. The van der Waals surface area contributed by atoms with Crippen LogP contribution in [0.1, 0.15) is 11.3 Å². The molecule has 0 unspecified atom stereocenters. The van der Waals surface area contributed by atoms with E-state index in [1.165, 1.54) is 11.8 Å². The Morgan fingerprint density at radius 2 is 1.96 bits per heavy atom. The van der Waals surface area contributed by atoms with Crippen molar-refractivity contribution >= 4 is 35.0 Å². The number of nitrogens with zero attached hydrogens (tertiary/aromatic N) is 1. The predicted octanol–water partition coefficient (Wildman–Crippen LogP) is 4.10. The lowest BCUT2D eigenvalue weighted by molar-refractivity contribution is -0.116. The Hall–Kier alpha value is -2.99. The molecular weight excluding hydrogens is 360 g/mol. The normalized spacial score (nSPS) is 13.3. The minimum atomic E-state index is -0.158. The standard InChI is InChI=1S/C21H18N2O3S/c24-20(12-17-7-4-10-26-17)22-16-8-9-19-18(11-16)23(21(25)14-27-19)13-15-5-2-1-3-6-15/h1-11H,12-14H2,(H,22,24). The van der Waals surface area contributed by atoms with Gasteiger partial charge >= 0.3 is 0 Å². The Morgan fingerprint density at radius 1 is 1.11 bits per heavy atom. The lowest BCUT2D eigenvalue weighted by atomic mass is 10.1. The molecule has 0 atom stereocenters. The molecule has 0 bridgehead atoms. The molecule has 0 radical (unpaired) electrons. The number of rotatable bonds is 5. The molecule has 0 saturated heterocycles. The van der Waals surface area contributed by atoms with E-state index in [1.807, 2.05) is 48.5 Å². The summed E-state index contributed by atoms with van der Waals surface area (Å²) in [6.45, 7) is 0.511. The summed E-state index contributed by atoms with van der Waals surface area (Å²) in [5, 5.41) is 2.88. The maximum Gasteiger partial charge on any atom is 0.237 e. The molecule has 4 rings (SSSR count). The van der Waals surface area contributed by atoms with Crippen molar-refractivity contribution in [2.75, 3.05) is 16.0 Å². The Morgan fingerprint density at radius 3 is 2.74 bits per heavy atom. The molecule has 0 saturated carbocycles. The molecule has 0 spiro atoms. The van der Waals surface area contributed by atoms with Gasteiger partial charge in [0.25, 0.3) is 0 Å². The number of anilines is 2. The van der Waals surface area contributed by atoms with Gasteiger partial charge in [0.15, 0.2) is 0 Å². The second kappa shape index (κ2) is 7.72. The van der Waals surface area contributed by atoms with Crippen LogP contribution in [0.4, 0.5) is 11.4 Å². The van der Waals surface area contributed by atoms with Crippen LogP contribution in [0, 0.1) is 0 Å². The third-order valence-corrected chi connectivity index (χ3v) is 5.33. The van der Waals surface area contributed by atoms with Crippen molar-refractivity contribution in [3.63, 3.8) is 0 Å². The zero-order chi connectivity index (χ0) is 18.6. The minimum Gasteiger partial charge on any atom is -0.469 e. The summed E-state index contributed by atoms with van der Waals surface area (Å²) in [5.41, 5.74) is 2.56. The summed E-state index contributed by atoms with van der Waals surface area (Å²) in [4.78, 5) is 27.6. The topological polar surface area (TPSA) is 62.6 Å². The van der Waals surface area contributed by atoms with Crippen molar-refractivity contribution in [1.82, 2.24) is 0 Å². The van der Waals surface area contributed by atoms with Gasteiger partial charge < -0.3 is 14.6 Å². The highest BCUT2D eigenvalue weighted by Crippen LogP contribution is 2.38. The third-order valence-electron chi connectivity index (χ3n) is 4.28. The van der Waals surface area contributed by atoms with E-state index in [2.05, 4.69) is 5.32 Å². The highest BCUT2D eigenvalue weighted by atomic mass is 32.2. The molecule has 2 heterocycles. The number of carbonyl (C=O) groups excluding carboxylic acids is 2. The van der Waals surface area contributed by atoms with Gasteiger partial charge in [-0.05, 0) is 35.9 Å². The van der Waals surface area contributed by atoms with Gasteiger partial charge in [0.2, 0.25) is 11.8 Å². The van der Waals surface area contributed by atoms with Crippen molar-refractivity contribution in [1.29, 1.82) is 0 Å². The van der Waals surface area contributed by atoms with Crippen LogP contribution in [0.25, 0.3) is 0 Å². The van der Waals surface area contributed by atoms with Gasteiger partial charge in [0, 0.05) is 10.6 Å². The highest BCUT2D eigenvalue weighted by Gasteiger charge is 2.25. The van der Waals surface area contributed by atoms with Gasteiger partial charge in [-0.2, -0.15) is 0 Å². The van der Waals surface area contributed by atoms with E-state index in [0.29, 0.717) is 23.7 Å². The van der Waals surface area contributed by atoms with E-state index < -0.39 is 0 Å². The first-order valence-corrected chi connectivity index (χ1v) is 9.61. The van der Waals surface area contributed by atoms with Crippen molar-refractivity contribution in [3.05, 3.63) is 78.3 Å². The number of amides is 2. The SMILES string of the molecule is O=C(Cc1ccco1)Nc1ccc2c(c1)N(Cc1ccccc1)C(=O)CS2. The van der Waals surface area contributed by atoms with Crippen molar-refractivity contribution < 1.29 is 14.0 Å². The summed E-state index contributed by atoms with van der Waals surface area (Å²) in [7, 11) is 0. The fourth-order valence-corrected chi connectivity index (χ4v) is 3.91. The fourth-order valence-electron chi connectivity index (χ4n) is 3.00. The van der Waals surface area contributed by atoms with Crippen LogP contribution in [0.3, 0.4) is 0 Å². The Labute approximate surface area is 161 Å². The van der Waals surface area contributed by atoms with Gasteiger partial charge in [-0.15, -0.1) is 11.8 Å². The maximum atomic E-state index is 12.5. The van der Waals surface area contributed by atoms with Crippen LogP contribution < -0.4 is 10.2 Å². The number of hydrogen-bond donors (Lipinski definition) is 1. The van der Waals surface area contributed by atoms with Crippen LogP contribution in [0.15, 0.2) is 76.2 Å². The van der Waals surface area contributed by atoms with E-state index in [0.717, 1.165) is 16.1 Å². The largest absolute Gasteiger partial charge is 0.469 e. The number of fused-ring (bicyclic) bond motifs is 1. The number of thioether (sulfide) groups is 1. The number of nitrogens with one attached hydrogen (secondary N) is 1. The quantitative estimate of drug-likeness (QED) is 0.726. The van der Waals surface area contributed by atoms with Crippen LogP contribution in [0.2, 0.25) is 0 Å². The molecule has 1 aliphatic heterocycles. The first kappa shape index (κ1) is 17.4. The first-order valence-electron chi connectivity index (χ1n) is 8.62.